The highest BCUT2D eigenvalue weighted by atomic mass is 32.1. The van der Waals surface area contributed by atoms with E-state index >= 15 is 0 Å². The molecular weight excluding hydrogens is 330 g/mol. The zero-order valence-corrected chi connectivity index (χ0v) is 13.4. The topological polar surface area (TPSA) is 86.5 Å². The zero-order valence-electron chi connectivity index (χ0n) is 12.6. The van der Waals surface area contributed by atoms with E-state index in [1.165, 1.54) is 11.3 Å². The van der Waals surface area contributed by atoms with Gasteiger partial charge in [-0.15, -0.1) is 11.3 Å². The summed E-state index contributed by atoms with van der Waals surface area (Å²) in [6, 6.07) is 3.85. The van der Waals surface area contributed by atoms with Crippen molar-refractivity contribution in [3.05, 3.63) is 34.0 Å². The van der Waals surface area contributed by atoms with Gasteiger partial charge in [-0.1, -0.05) is 0 Å². The Balaban J connectivity index is 1.62. The Bertz CT molecular complexity index is 973. The lowest BCUT2D eigenvalue weighted by Crippen LogP contribution is -2.05. The number of nitrogens with zero attached hydrogens (tertiary/aromatic N) is 3. The molecule has 0 atom stereocenters. The number of rotatable bonds is 4. The van der Waals surface area contributed by atoms with Crippen molar-refractivity contribution < 1.29 is 19.4 Å². The molecule has 1 N–H and O–H groups in total. The van der Waals surface area contributed by atoms with E-state index in [9.17, 15) is 4.79 Å². The fourth-order valence-electron chi connectivity index (χ4n) is 2.97. The van der Waals surface area contributed by atoms with E-state index in [4.69, 9.17) is 19.6 Å². The van der Waals surface area contributed by atoms with Gasteiger partial charge in [0.25, 0.3) is 0 Å². The molecule has 1 aliphatic heterocycles. The predicted octanol–water partition coefficient (Wildman–Crippen LogP) is 2.85. The molecule has 0 amide bonds. The number of benzene rings is 1. The largest absolute Gasteiger partial charge is 0.476 e. The summed E-state index contributed by atoms with van der Waals surface area (Å²) in [6.45, 7) is 0.742. The molecule has 0 bridgehead atoms. The van der Waals surface area contributed by atoms with Crippen LogP contribution in [-0.4, -0.2) is 32.4 Å². The maximum atomic E-state index is 11.0. The maximum absolute atomic E-state index is 11.0. The van der Waals surface area contributed by atoms with Crippen molar-refractivity contribution in [1.82, 2.24) is 14.5 Å². The Kier molecular flexibility index (Phi) is 2.84. The lowest BCUT2D eigenvalue weighted by atomic mass is 10.2. The van der Waals surface area contributed by atoms with Gasteiger partial charge >= 0.3 is 5.97 Å². The first kappa shape index (κ1) is 13.8. The fourth-order valence-corrected chi connectivity index (χ4v) is 3.73. The minimum atomic E-state index is -1.00. The molecule has 24 heavy (non-hydrogen) atoms. The first-order chi connectivity index (χ1) is 11.7. The van der Waals surface area contributed by atoms with Crippen molar-refractivity contribution in [2.45, 2.75) is 25.3 Å². The number of hydrogen-bond donors (Lipinski definition) is 1. The molecule has 1 aliphatic carbocycles. The van der Waals surface area contributed by atoms with Gasteiger partial charge in [0.15, 0.2) is 17.2 Å². The Morgan fingerprint density at radius 3 is 2.79 bits per heavy atom. The molecule has 122 valence electrons. The Labute approximate surface area is 140 Å². The summed E-state index contributed by atoms with van der Waals surface area (Å²) in [5.41, 5.74) is 1.93. The van der Waals surface area contributed by atoms with Gasteiger partial charge in [0.2, 0.25) is 6.79 Å². The Hall–Kier alpha value is -2.61. The molecule has 0 unspecified atom stereocenters. The number of carbonyl (C=O) groups is 1. The van der Waals surface area contributed by atoms with Crippen LogP contribution in [0.1, 0.15) is 40.1 Å². The van der Waals surface area contributed by atoms with Gasteiger partial charge in [-0.25, -0.2) is 14.8 Å². The van der Waals surface area contributed by atoms with Crippen LogP contribution in [0.2, 0.25) is 0 Å². The molecule has 0 radical (unpaired) electrons. The summed E-state index contributed by atoms with van der Waals surface area (Å²) in [6.07, 6.45) is 2.27. The summed E-state index contributed by atoms with van der Waals surface area (Å²) >= 11 is 1.35. The number of aromatic nitrogens is 3. The molecule has 7 nitrogen and oxygen atoms in total. The Morgan fingerprint density at radius 1 is 1.29 bits per heavy atom. The van der Waals surface area contributed by atoms with Gasteiger partial charge < -0.3 is 19.1 Å². The average Bonchev–Trinajstić information content (AvgIpc) is 2.99. The molecule has 1 fully saturated rings. The van der Waals surface area contributed by atoms with E-state index in [0.29, 0.717) is 12.5 Å². The smallest absolute Gasteiger partial charge is 0.355 e. The van der Waals surface area contributed by atoms with Crippen LogP contribution < -0.4 is 9.47 Å². The van der Waals surface area contributed by atoms with Gasteiger partial charge in [-0.3, -0.25) is 0 Å². The number of carboxylic acids is 1. The van der Waals surface area contributed by atoms with Crippen LogP contribution in [0.4, 0.5) is 0 Å². The number of ether oxygens (including phenoxy) is 2. The number of thiazole rings is 1. The minimum absolute atomic E-state index is 0.0880. The van der Waals surface area contributed by atoms with Crippen LogP contribution in [0.5, 0.6) is 11.5 Å². The summed E-state index contributed by atoms with van der Waals surface area (Å²) in [7, 11) is 0. The van der Waals surface area contributed by atoms with Gasteiger partial charge in [-0.05, 0) is 12.8 Å². The van der Waals surface area contributed by atoms with E-state index in [1.54, 1.807) is 5.38 Å². The molecule has 5 rings (SSSR count). The quantitative estimate of drug-likeness (QED) is 0.784. The highest BCUT2D eigenvalue weighted by molar-refractivity contribution is 7.09. The lowest BCUT2D eigenvalue weighted by Gasteiger charge is -2.07. The van der Waals surface area contributed by atoms with Crippen molar-refractivity contribution in [3.8, 4) is 11.5 Å². The first-order valence-electron chi connectivity index (χ1n) is 7.66. The van der Waals surface area contributed by atoms with Crippen molar-refractivity contribution >= 4 is 28.3 Å². The van der Waals surface area contributed by atoms with Gasteiger partial charge in [0.05, 0.1) is 17.6 Å². The molecule has 0 spiro atoms. The maximum Gasteiger partial charge on any atom is 0.355 e. The molecule has 0 saturated heterocycles. The molecule has 2 aliphatic rings. The van der Waals surface area contributed by atoms with Gasteiger partial charge in [0, 0.05) is 23.4 Å². The van der Waals surface area contributed by atoms with Crippen LogP contribution in [0.15, 0.2) is 17.5 Å². The van der Waals surface area contributed by atoms with E-state index in [1.807, 2.05) is 12.1 Å². The number of fused-ring (bicyclic) bond motifs is 2. The second-order valence-corrected chi connectivity index (χ2v) is 6.90. The number of aromatic carboxylic acids is 1. The molecule has 1 aromatic carbocycles. The standard InChI is InChI=1S/C16H13N3O4S/c20-16(21)10-6-24-14(17-10)5-19-11-4-13-12(22-7-23-13)3-9(11)18-15(19)8-1-2-8/h3-4,6,8H,1-2,5,7H2,(H,20,21). The fraction of sp³-hybridized carbons (Fsp3) is 0.312. The molecule has 3 heterocycles. The second kappa shape index (κ2) is 4.94. The summed E-state index contributed by atoms with van der Waals surface area (Å²) in [4.78, 5) is 20.0. The van der Waals surface area contributed by atoms with E-state index < -0.39 is 5.97 Å². The van der Waals surface area contributed by atoms with E-state index in [-0.39, 0.29) is 12.5 Å². The highest BCUT2D eigenvalue weighted by Gasteiger charge is 2.31. The van der Waals surface area contributed by atoms with Crippen LogP contribution in [0, 0.1) is 0 Å². The third-order valence-electron chi connectivity index (χ3n) is 4.28. The van der Waals surface area contributed by atoms with Crippen molar-refractivity contribution in [3.63, 3.8) is 0 Å². The summed E-state index contributed by atoms with van der Waals surface area (Å²) in [5.74, 6) is 1.93. The normalized spacial score (nSPS) is 16.0. The summed E-state index contributed by atoms with van der Waals surface area (Å²) in [5, 5.41) is 11.4. The number of carboxylic acid groups (broad SMARTS) is 1. The van der Waals surface area contributed by atoms with Crippen molar-refractivity contribution in [2.24, 2.45) is 0 Å². The van der Waals surface area contributed by atoms with Crippen LogP contribution >= 0.6 is 11.3 Å². The minimum Gasteiger partial charge on any atom is -0.476 e. The first-order valence-corrected chi connectivity index (χ1v) is 8.54. The predicted molar refractivity (Wildman–Crippen MR) is 86.0 cm³/mol. The SMILES string of the molecule is O=C(O)c1csc(Cn2c(C3CC3)nc3cc4c(cc32)OCO4)n1. The highest BCUT2D eigenvalue weighted by Crippen LogP contribution is 2.43. The molecule has 2 aromatic heterocycles. The Morgan fingerprint density at radius 2 is 2.08 bits per heavy atom. The van der Waals surface area contributed by atoms with Crippen LogP contribution in [0.3, 0.4) is 0 Å². The van der Waals surface area contributed by atoms with Crippen molar-refractivity contribution in [2.75, 3.05) is 6.79 Å². The third kappa shape index (κ3) is 2.14. The zero-order chi connectivity index (χ0) is 16.3. The second-order valence-electron chi connectivity index (χ2n) is 5.96. The molecular formula is C16H13N3O4S. The molecule has 3 aromatic rings. The lowest BCUT2D eigenvalue weighted by molar-refractivity contribution is 0.0691. The van der Waals surface area contributed by atoms with E-state index in [2.05, 4.69) is 9.55 Å². The van der Waals surface area contributed by atoms with E-state index in [0.717, 1.165) is 46.2 Å². The number of hydrogen-bond acceptors (Lipinski definition) is 6. The van der Waals surface area contributed by atoms with Gasteiger partial charge in [-0.2, -0.15) is 0 Å². The summed E-state index contributed by atoms with van der Waals surface area (Å²) < 4.78 is 13.0. The van der Waals surface area contributed by atoms with Gasteiger partial charge in [0.1, 0.15) is 10.8 Å². The van der Waals surface area contributed by atoms with Crippen LogP contribution in [-0.2, 0) is 6.54 Å². The molecule has 1 saturated carbocycles. The monoisotopic (exact) mass is 343 g/mol. The van der Waals surface area contributed by atoms with Crippen LogP contribution in [0.25, 0.3) is 11.0 Å². The molecule has 8 heteroatoms. The van der Waals surface area contributed by atoms with Crippen molar-refractivity contribution in [1.29, 1.82) is 0 Å². The number of imidazole rings is 1. The average molecular weight is 343 g/mol. The third-order valence-corrected chi connectivity index (χ3v) is 5.11.